The van der Waals surface area contributed by atoms with Gasteiger partial charge in [0.2, 0.25) is 0 Å². The van der Waals surface area contributed by atoms with Crippen LogP contribution in [-0.4, -0.2) is 52.1 Å². The number of benzene rings is 1. The van der Waals surface area contributed by atoms with Crippen molar-refractivity contribution in [2.24, 2.45) is 0 Å². The van der Waals surface area contributed by atoms with Crippen LogP contribution >= 0.6 is 0 Å². The van der Waals surface area contributed by atoms with E-state index in [4.69, 9.17) is 4.98 Å². The summed E-state index contributed by atoms with van der Waals surface area (Å²) in [6, 6.07) is 12.2. The number of pyridine rings is 1. The molecule has 6 heteroatoms. The van der Waals surface area contributed by atoms with E-state index in [1.54, 1.807) is 0 Å². The highest BCUT2D eigenvalue weighted by atomic mass is 15.3. The van der Waals surface area contributed by atoms with Crippen LogP contribution in [0.15, 0.2) is 36.5 Å². The van der Waals surface area contributed by atoms with Gasteiger partial charge in [0.25, 0.3) is 0 Å². The fraction of sp³-hybridized carbons (Fsp3) is 0.520. The number of aromatic amines is 1. The molecule has 6 rings (SSSR count). The zero-order valence-electron chi connectivity index (χ0n) is 18.3. The fourth-order valence-electron chi connectivity index (χ4n) is 5.45. The Morgan fingerprint density at radius 1 is 0.935 bits per heavy atom. The number of piperazine rings is 1. The molecule has 2 saturated heterocycles. The molecule has 1 aliphatic carbocycles. The summed E-state index contributed by atoms with van der Waals surface area (Å²) >= 11 is 0. The number of hydrogen-bond acceptors (Lipinski definition) is 5. The molecule has 162 valence electrons. The molecule has 2 unspecified atom stereocenters. The van der Waals surface area contributed by atoms with Gasteiger partial charge in [0.1, 0.15) is 11.3 Å². The number of para-hydroxylation sites is 1. The summed E-state index contributed by atoms with van der Waals surface area (Å²) < 4.78 is 0. The third-order valence-corrected chi connectivity index (χ3v) is 7.33. The topological polar surface area (TPSA) is 60.1 Å². The molecule has 6 nitrogen and oxygen atoms in total. The van der Waals surface area contributed by atoms with Crippen LogP contribution in [0.1, 0.15) is 61.3 Å². The summed E-state index contributed by atoms with van der Waals surface area (Å²) in [5, 5.41) is 3.84. The lowest BCUT2D eigenvalue weighted by molar-refractivity contribution is 0.248. The van der Waals surface area contributed by atoms with Gasteiger partial charge in [-0.05, 0) is 62.8 Å². The molecule has 3 aliphatic rings. The van der Waals surface area contributed by atoms with Crippen LogP contribution in [0.2, 0.25) is 0 Å². The third-order valence-electron chi connectivity index (χ3n) is 7.33. The monoisotopic (exact) mass is 416 g/mol. The minimum absolute atomic E-state index is 0.243. The molecule has 2 aromatic heterocycles. The molecule has 2 atom stereocenters. The molecule has 2 N–H and O–H groups in total. The maximum Gasteiger partial charge on any atom is 0.124 e. The van der Waals surface area contributed by atoms with Crippen molar-refractivity contribution in [1.82, 2.24) is 25.2 Å². The second kappa shape index (κ2) is 7.92. The number of anilines is 1. The Hall–Kier alpha value is -2.44. The van der Waals surface area contributed by atoms with Gasteiger partial charge in [-0.2, -0.15) is 0 Å². The first-order valence-electron chi connectivity index (χ1n) is 11.9. The number of nitrogens with one attached hydrogen (secondary N) is 2. The Morgan fingerprint density at radius 3 is 2.58 bits per heavy atom. The SMILES string of the molecule is Cc1cccnc1C1CCCC(c2nc3c(N4CCN(C5CC5)CC4)cccc3[nH]2)N1. The number of aryl methyl sites for hydroxylation is 1. The highest BCUT2D eigenvalue weighted by Gasteiger charge is 2.32. The van der Waals surface area contributed by atoms with Crippen molar-refractivity contribution in [3.63, 3.8) is 0 Å². The summed E-state index contributed by atoms with van der Waals surface area (Å²) in [5.74, 6) is 1.07. The molecule has 2 aliphatic heterocycles. The first kappa shape index (κ1) is 19.3. The van der Waals surface area contributed by atoms with Crippen LogP contribution in [0.3, 0.4) is 0 Å². The number of piperidine rings is 1. The zero-order valence-corrected chi connectivity index (χ0v) is 18.3. The number of rotatable bonds is 4. The first-order valence-corrected chi connectivity index (χ1v) is 11.9. The number of nitrogens with zero attached hydrogens (tertiary/aromatic N) is 4. The zero-order chi connectivity index (χ0) is 20.8. The summed E-state index contributed by atoms with van der Waals surface area (Å²) in [6.45, 7) is 6.70. The van der Waals surface area contributed by atoms with Crippen molar-refractivity contribution in [1.29, 1.82) is 0 Å². The van der Waals surface area contributed by atoms with E-state index in [0.717, 1.165) is 48.8 Å². The molecule has 1 saturated carbocycles. The molecule has 0 spiro atoms. The Morgan fingerprint density at radius 2 is 1.77 bits per heavy atom. The Bertz CT molecular complexity index is 1060. The molecule has 3 aromatic rings. The average Bonchev–Trinajstić information content (AvgIpc) is 3.57. The van der Waals surface area contributed by atoms with Gasteiger partial charge in [0.15, 0.2) is 0 Å². The third kappa shape index (κ3) is 3.72. The fourth-order valence-corrected chi connectivity index (χ4v) is 5.45. The molecule has 4 heterocycles. The normalized spacial score (nSPS) is 25.3. The van der Waals surface area contributed by atoms with E-state index >= 15 is 0 Å². The Labute approximate surface area is 184 Å². The quantitative estimate of drug-likeness (QED) is 0.670. The van der Waals surface area contributed by atoms with Gasteiger partial charge >= 0.3 is 0 Å². The molecule has 3 fully saturated rings. The minimum atomic E-state index is 0.243. The lowest BCUT2D eigenvalue weighted by Gasteiger charge is -2.36. The largest absolute Gasteiger partial charge is 0.367 e. The molecule has 0 amide bonds. The van der Waals surface area contributed by atoms with Gasteiger partial charge in [-0.25, -0.2) is 4.98 Å². The summed E-state index contributed by atoms with van der Waals surface area (Å²) in [7, 11) is 0. The summed E-state index contributed by atoms with van der Waals surface area (Å²) in [5.41, 5.74) is 5.99. The Kier molecular flexibility index (Phi) is 4.92. The van der Waals surface area contributed by atoms with Gasteiger partial charge < -0.3 is 9.88 Å². The van der Waals surface area contributed by atoms with Crippen LogP contribution in [-0.2, 0) is 0 Å². The standard InChI is InChI=1S/C25H32N6/c1-17-5-4-12-26-23(17)19-6-2-8-21(27-19)25-28-20-7-3-9-22(24(20)29-25)31-15-13-30(14-16-31)18-10-11-18/h3-5,7,9,12,18-19,21,27H,2,6,8,10-11,13-16H2,1H3,(H,28,29). The van der Waals surface area contributed by atoms with Crippen molar-refractivity contribution in [3.05, 3.63) is 53.6 Å². The smallest absolute Gasteiger partial charge is 0.124 e. The summed E-state index contributed by atoms with van der Waals surface area (Å²) in [6.07, 6.45) is 8.12. The summed E-state index contributed by atoms with van der Waals surface area (Å²) in [4.78, 5) is 18.6. The van der Waals surface area contributed by atoms with Gasteiger partial charge in [-0.3, -0.25) is 15.2 Å². The van der Waals surface area contributed by atoms with Crippen LogP contribution in [0.25, 0.3) is 11.0 Å². The number of aromatic nitrogens is 3. The maximum atomic E-state index is 5.13. The number of fused-ring (bicyclic) bond motifs is 1. The highest BCUT2D eigenvalue weighted by molar-refractivity contribution is 5.89. The van der Waals surface area contributed by atoms with E-state index in [2.05, 4.69) is 56.3 Å². The number of imidazole rings is 1. The Balaban J connectivity index is 1.24. The van der Waals surface area contributed by atoms with Crippen LogP contribution in [0.4, 0.5) is 5.69 Å². The first-order chi connectivity index (χ1) is 15.3. The molecule has 1 aromatic carbocycles. The van der Waals surface area contributed by atoms with E-state index in [1.165, 1.54) is 49.3 Å². The van der Waals surface area contributed by atoms with Gasteiger partial charge in [-0.15, -0.1) is 0 Å². The lowest BCUT2D eigenvalue weighted by atomic mass is 9.94. The van der Waals surface area contributed by atoms with Crippen LogP contribution in [0, 0.1) is 6.92 Å². The van der Waals surface area contributed by atoms with Gasteiger partial charge in [0.05, 0.1) is 29.0 Å². The molecule has 0 bridgehead atoms. The predicted octanol–water partition coefficient (Wildman–Crippen LogP) is 4.11. The van der Waals surface area contributed by atoms with E-state index in [1.807, 2.05) is 12.3 Å². The van der Waals surface area contributed by atoms with Crippen molar-refractivity contribution < 1.29 is 0 Å². The van der Waals surface area contributed by atoms with E-state index in [-0.39, 0.29) is 6.04 Å². The van der Waals surface area contributed by atoms with Crippen LogP contribution in [0.5, 0.6) is 0 Å². The van der Waals surface area contributed by atoms with Crippen molar-refractivity contribution in [3.8, 4) is 0 Å². The van der Waals surface area contributed by atoms with Gasteiger partial charge in [-0.1, -0.05) is 12.1 Å². The maximum absolute atomic E-state index is 5.13. The molecule has 0 radical (unpaired) electrons. The van der Waals surface area contributed by atoms with Crippen molar-refractivity contribution in [2.75, 3.05) is 31.1 Å². The predicted molar refractivity (Wildman–Crippen MR) is 124 cm³/mol. The second-order valence-corrected chi connectivity index (χ2v) is 9.46. The number of H-pyrrole nitrogens is 1. The molecular weight excluding hydrogens is 384 g/mol. The second-order valence-electron chi connectivity index (χ2n) is 9.46. The van der Waals surface area contributed by atoms with E-state index < -0.39 is 0 Å². The lowest BCUT2D eigenvalue weighted by Crippen LogP contribution is -2.47. The number of hydrogen-bond donors (Lipinski definition) is 2. The minimum Gasteiger partial charge on any atom is -0.367 e. The molecular formula is C25H32N6. The highest BCUT2D eigenvalue weighted by Crippen LogP contribution is 2.35. The van der Waals surface area contributed by atoms with Crippen molar-refractivity contribution in [2.45, 2.75) is 57.2 Å². The van der Waals surface area contributed by atoms with E-state index in [0.29, 0.717) is 6.04 Å². The molecule has 31 heavy (non-hydrogen) atoms. The van der Waals surface area contributed by atoms with E-state index in [9.17, 15) is 0 Å². The van der Waals surface area contributed by atoms with Gasteiger partial charge in [0, 0.05) is 38.4 Å². The van der Waals surface area contributed by atoms with Crippen molar-refractivity contribution >= 4 is 16.7 Å². The average molecular weight is 417 g/mol. The van der Waals surface area contributed by atoms with Crippen LogP contribution < -0.4 is 10.2 Å².